The average molecular weight is 466 g/mol. The van der Waals surface area contributed by atoms with Crippen LogP contribution < -0.4 is 15.2 Å². The van der Waals surface area contributed by atoms with Gasteiger partial charge in [0.2, 0.25) is 5.88 Å². The molecule has 1 atom stereocenters. The van der Waals surface area contributed by atoms with E-state index in [1.807, 2.05) is 6.92 Å². The number of hydrogen-bond acceptors (Lipinski definition) is 7. The van der Waals surface area contributed by atoms with Gasteiger partial charge in [0, 0.05) is 18.4 Å². The Hall–Kier alpha value is -2.48. The molecule has 1 aliphatic heterocycles. The van der Waals surface area contributed by atoms with E-state index in [2.05, 4.69) is 15.9 Å². The second-order valence-electron chi connectivity index (χ2n) is 6.61. The van der Waals surface area contributed by atoms with Crippen molar-refractivity contribution in [2.75, 3.05) is 20.3 Å². The fourth-order valence-corrected chi connectivity index (χ4v) is 4.33. The zero-order chi connectivity index (χ0) is 21.1. The molecule has 29 heavy (non-hydrogen) atoms. The average Bonchev–Trinajstić information content (AvgIpc) is 2.67. The first-order chi connectivity index (χ1) is 13.9. The summed E-state index contributed by atoms with van der Waals surface area (Å²) in [6.07, 6.45) is 1.66. The van der Waals surface area contributed by atoms with Crippen molar-refractivity contribution in [1.82, 2.24) is 0 Å². The molecule has 0 fully saturated rings. The van der Waals surface area contributed by atoms with Crippen LogP contribution in [0.1, 0.15) is 44.6 Å². The summed E-state index contributed by atoms with van der Waals surface area (Å²) in [5.41, 5.74) is 7.37. The van der Waals surface area contributed by atoms with Gasteiger partial charge in [-0.25, -0.2) is 4.79 Å². The van der Waals surface area contributed by atoms with Crippen molar-refractivity contribution in [2.45, 2.75) is 39.0 Å². The number of methoxy groups -OCH3 is 1. The standard InChI is InChI=1S/C21H24BrNO6/c1-4-27-15-10-11(9-12(22)19(15)26-3)16-17-13(24)7-6-8-14(17)29-20(23)18(16)21(25)28-5-2/h9-10,16H,4-8,23H2,1-3H3/t16-/m0/s1. The Morgan fingerprint density at radius 2 is 2.03 bits per heavy atom. The molecule has 2 aliphatic rings. The predicted molar refractivity (Wildman–Crippen MR) is 109 cm³/mol. The summed E-state index contributed by atoms with van der Waals surface area (Å²) >= 11 is 3.50. The molecular weight excluding hydrogens is 442 g/mol. The first-order valence-corrected chi connectivity index (χ1v) is 10.3. The summed E-state index contributed by atoms with van der Waals surface area (Å²) < 4.78 is 22.7. The van der Waals surface area contributed by atoms with Crippen molar-refractivity contribution < 1.29 is 28.5 Å². The third kappa shape index (κ3) is 3.99. The lowest BCUT2D eigenvalue weighted by Crippen LogP contribution is -2.31. The molecule has 1 aliphatic carbocycles. The van der Waals surface area contributed by atoms with E-state index in [0.29, 0.717) is 58.7 Å². The van der Waals surface area contributed by atoms with E-state index >= 15 is 0 Å². The van der Waals surface area contributed by atoms with Crippen molar-refractivity contribution in [3.8, 4) is 11.5 Å². The Morgan fingerprint density at radius 1 is 1.28 bits per heavy atom. The molecule has 1 heterocycles. The lowest BCUT2D eigenvalue weighted by Gasteiger charge is -2.32. The van der Waals surface area contributed by atoms with E-state index in [1.54, 1.807) is 26.2 Å². The van der Waals surface area contributed by atoms with Crippen LogP contribution in [0.2, 0.25) is 0 Å². The van der Waals surface area contributed by atoms with Gasteiger partial charge in [0.05, 0.1) is 30.7 Å². The van der Waals surface area contributed by atoms with E-state index in [1.165, 1.54) is 0 Å². The van der Waals surface area contributed by atoms with Gasteiger partial charge in [0.25, 0.3) is 0 Å². The summed E-state index contributed by atoms with van der Waals surface area (Å²) in [7, 11) is 1.55. The molecule has 0 radical (unpaired) electrons. The van der Waals surface area contributed by atoms with Gasteiger partial charge in [-0.3, -0.25) is 4.79 Å². The largest absolute Gasteiger partial charge is 0.492 e. The minimum atomic E-state index is -0.702. The van der Waals surface area contributed by atoms with E-state index in [9.17, 15) is 9.59 Å². The molecular formula is C21H24BrNO6. The van der Waals surface area contributed by atoms with Crippen LogP contribution in [0.4, 0.5) is 0 Å². The second kappa shape index (κ2) is 8.90. The minimum Gasteiger partial charge on any atom is -0.492 e. The van der Waals surface area contributed by atoms with Crippen LogP contribution in [0.25, 0.3) is 0 Å². The summed E-state index contributed by atoms with van der Waals surface area (Å²) in [5.74, 6) is 0.139. The number of carbonyl (C=O) groups excluding carboxylic acids is 2. The summed E-state index contributed by atoms with van der Waals surface area (Å²) in [4.78, 5) is 25.6. The van der Waals surface area contributed by atoms with Crippen LogP contribution in [0, 0.1) is 0 Å². The maximum atomic E-state index is 12.8. The number of carbonyl (C=O) groups is 2. The minimum absolute atomic E-state index is 0.0354. The highest BCUT2D eigenvalue weighted by atomic mass is 79.9. The number of nitrogens with two attached hydrogens (primary N) is 1. The predicted octanol–water partition coefficient (Wildman–Crippen LogP) is 3.71. The molecule has 0 amide bonds. The Morgan fingerprint density at radius 3 is 2.69 bits per heavy atom. The fraction of sp³-hybridized carbons (Fsp3) is 0.429. The monoisotopic (exact) mass is 465 g/mol. The van der Waals surface area contributed by atoms with Gasteiger partial charge in [-0.05, 0) is 53.9 Å². The zero-order valence-corrected chi connectivity index (χ0v) is 18.3. The Bertz CT molecular complexity index is 905. The van der Waals surface area contributed by atoms with E-state index in [4.69, 9.17) is 24.7 Å². The van der Waals surface area contributed by atoms with E-state index in [0.717, 1.165) is 0 Å². The molecule has 8 heteroatoms. The number of benzene rings is 1. The van der Waals surface area contributed by atoms with Gasteiger partial charge in [0.1, 0.15) is 11.3 Å². The summed E-state index contributed by atoms with van der Waals surface area (Å²) in [6.45, 7) is 4.18. The smallest absolute Gasteiger partial charge is 0.340 e. The van der Waals surface area contributed by atoms with Crippen LogP contribution in [-0.4, -0.2) is 32.1 Å². The molecule has 2 N–H and O–H groups in total. The van der Waals surface area contributed by atoms with Crippen LogP contribution in [0.15, 0.2) is 39.4 Å². The van der Waals surface area contributed by atoms with Crippen molar-refractivity contribution >= 4 is 27.7 Å². The van der Waals surface area contributed by atoms with Gasteiger partial charge in [-0.1, -0.05) is 0 Å². The number of allylic oxidation sites excluding steroid dienone is 2. The molecule has 1 aromatic rings. The van der Waals surface area contributed by atoms with Crippen LogP contribution in [-0.2, 0) is 19.1 Å². The molecule has 0 aromatic heterocycles. The lowest BCUT2D eigenvalue weighted by molar-refractivity contribution is -0.139. The molecule has 156 valence electrons. The third-order valence-electron chi connectivity index (χ3n) is 4.85. The number of Topliss-reactive ketones (excluding diaryl/α,β-unsaturated/α-hetero) is 1. The molecule has 0 unspecified atom stereocenters. The number of hydrogen-bond donors (Lipinski definition) is 1. The summed E-state index contributed by atoms with van der Waals surface area (Å²) in [6, 6.07) is 3.57. The first kappa shape index (κ1) is 21.2. The van der Waals surface area contributed by atoms with Crippen LogP contribution >= 0.6 is 15.9 Å². The number of ether oxygens (including phenoxy) is 4. The molecule has 0 saturated heterocycles. The van der Waals surface area contributed by atoms with E-state index in [-0.39, 0.29) is 23.8 Å². The summed E-state index contributed by atoms with van der Waals surface area (Å²) in [5, 5.41) is 0. The van der Waals surface area contributed by atoms with Gasteiger partial charge in [-0.15, -0.1) is 0 Å². The van der Waals surface area contributed by atoms with Gasteiger partial charge in [0.15, 0.2) is 17.3 Å². The van der Waals surface area contributed by atoms with Crippen LogP contribution in [0.5, 0.6) is 11.5 Å². The Balaban J connectivity index is 2.22. The van der Waals surface area contributed by atoms with Gasteiger partial charge >= 0.3 is 5.97 Å². The topological polar surface area (TPSA) is 97.1 Å². The lowest BCUT2D eigenvalue weighted by atomic mass is 9.77. The highest BCUT2D eigenvalue weighted by Gasteiger charge is 2.41. The number of rotatable bonds is 6. The molecule has 7 nitrogen and oxygen atoms in total. The Kier molecular flexibility index (Phi) is 6.52. The van der Waals surface area contributed by atoms with Gasteiger partial charge in [-0.2, -0.15) is 0 Å². The molecule has 3 rings (SSSR count). The van der Waals surface area contributed by atoms with Crippen molar-refractivity contribution in [3.05, 3.63) is 45.0 Å². The normalized spacial score (nSPS) is 18.9. The van der Waals surface area contributed by atoms with Gasteiger partial charge < -0.3 is 24.7 Å². The quantitative estimate of drug-likeness (QED) is 0.639. The molecule has 0 saturated carbocycles. The highest BCUT2D eigenvalue weighted by Crippen LogP contribution is 2.47. The van der Waals surface area contributed by atoms with Crippen molar-refractivity contribution in [3.63, 3.8) is 0 Å². The Labute approximate surface area is 177 Å². The molecule has 0 spiro atoms. The molecule has 0 bridgehead atoms. The number of esters is 1. The third-order valence-corrected chi connectivity index (χ3v) is 5.44. The molecule has 1 aromatic carbocycles. The van der Waals surface area contributed by atoms with E-state index < -0.39 is 11.9 Å². The maximum Gasteiger partial charge on any atom is 0.340 e. The van der Waals surface area contributed by atoms with Crippen LogP contribution in [0.3, 0.4) is 0 Å². The van der Waals surface area contributed by atoms with Crippen molar-refractivity contribution in [1.29, 1.82) is 0 Å². The number of halogens is 1. The maximum absolute atomic E-state index is 12.8. The highest BCUT2D eigenvalue weighted by molar-refractivity contribution is 9.10. The SMILES string of the molecule is CCOC(=O)C1=C(N)OC2=C(C(=O)CCC2)[C@@H]1c1cc(Br)c(OC)c(OCC)c1. The fourth-order valence-electron chi connectivity index (χ4n) is 3.71. The first-order valence-electron chi connectivity index (χ1n) is 9.53. The van der Waals surface area contributed by atoms with Crippen molar-refractivity contribution in [2.24, 2.45) is 5.73 Å². The number of ketones is 1. The second-order valence-corrected chi connectivity index (χ2v) is 7.47. The zero-order valence-electron chi connectivity index (χ0n) is 16.7.